The van der Waals surface area contributed by atoms with Crippen molar-refractivity contribution in [3.8, 4) is 0 Å². The molecule has 5 heteroatoms. The minimum atomic E-state index is -0.511. The highest BCUT2D eigenvalue weighted by molar-refractivity contribution is 6.04. The number of anilines is 2. The molecule has 2 aromatic carbocycles. The number of aryl methyl sites for hydroxylation is 1. The summed E-state index contributed by atoms with van der Waals surface area (Å²) in [5, 5.41) is 5.43. The third-order valence-corrected chi connectivity index (χ3v) is 4.74. The molecule has 1 aliphatic carbocycles. The first-order chi connectivity index (χ1) is 12.5. The first-order valence-corrected chi connectivity index (χ1v) is 9.01. The van der Waals surface area contributed by atoms with Gasteiger partial charge >= 0.3 is 0 Å². The van der Waals surface area contributed by atoms with Crippen LogP contribution in [-0.4, -0.2) is 11.8 Å². The summed E-state index contributed by atoms with van der Waals surface area (Å²) in [7, 11) is 0. The summed E-state index contributed by atoms with van der Waals surface area (Å²) in [6, 6.07) is 11.4. The second-order valence-electron chi connectivity index (χ2n) is 6.84. The summed E-state index contributed by atoms with van der Waals surface area (Å²) in [5.74, 6) is -0.993. The Kier molecular flexibility index (Phi) is 5.66. The molecule has 1 fully saturated rings. The zero-order chi connectivity index (χ0) is 18.5. The molecular weight excluding hydrogens is 331 g/mol. The molecule has 1 aliphatic rings. The maximum atomic E-state index is 14.1. The van der Waals surface area contributed by atoms with E-state index in [1.807, 2.05) is 19.1 Å². The third kappa shape index (κ3) is 4.48. The number of carbonyl (C=O) groups is 2. The highest BCUT2D eigenvalue weighted by Gasteiger charge is 2.22. The van der Waals surface area contributed by atoms with Gasteiger partial charge < -0.3 is 10.6 Å². The van der Waals surface area contributed by atoms with Crippen LogP contribution in [0.2, 0.25) is 0 Å². The Bertz CT molecular complexity index is 813. The topological polar surface area (TPSA) is 58.2 Å². The molecular formula is C21H23FN2O2. The predicted molar refractivity (Wildman–Crippen MR) is 101 cm³/mol. The van der Waals surface area contributed by atoms with Gasteiger partial charge in [0, 0.05) is 17.2 Å². The number of carbonyl (C=O) groups excluding carboxylic acids is 2. The van der Waals surface area contributed by atoms with Crippen molar-refractivity contribution in [2.75, 3.05) is 10.6 Å². The molecule has 3 rings (SSSR count). The van der Waals surface area contributed by atoms with Crippen molar-refractivity contribution in [2.45, 2.75) is 39.0 Å². The summed E-state index contributed by atoms with van der Waals surface area (Å²) >= 11 is 0. The first kappa shape index (κ1) is 18.1. The Morgan fingerprint density at radius 2 is 1.77 bits per heavy atom. The summed E-state index contributed by atoms with van der Waals surface area (Å²) in [6.07, 6.45) is 4.91. The van der Waals surface area contributed by atoms with Crippen LogP contribution in [0, 0.1) is 18.7 Å². The van der Waals surface area contributed by atoms with Crippen molar-refractivity contribution in [2.24, 2.45) is 5.92 Å². The van der Waals surface area contributed by atoms with E-state index in [0.29, 0.717) is 11.3 Å². The van der Waals surface area contributed by atoms with Gasteiger partial charge in [-0.1, -0.05) is 37.0 Å². The molecule has 0 aliphatic heterocycles. The molecule has 0 spiro atoms. The fourth-order valence-electron chi connectivity index (χ4n) is 3.29. The molecule has 0 aromatic heterocycles. The van der Waals surface area contributed by atoms with Gasteiger partial charge in [0.25, 0.3) is 5.91 Å². The van der Waals surface area contributed by atoms with E-state index in [-0.39, 0.29) is 23.4 Å². The Morgan fingerprint density at radius 1 is 1.00 bits per heavy atom. The lowest BCUT2D eigenvalue weighted by molar-refractivity contribution is -0.120. The predicted octanol–water partition coefficient (Wildman–Crippen LogP) is 4.91. The fourth-order valence-corrected chi connectivity index (χ4v) is 3.29. The van der Waals surface area contributed by atoms with E-state index in [4.69, 9.17) is 0 Å². The van der Waals surface area contributed by atoms with Gasteiger partial charge in [0.15, 0.2) is 0 Å². The molecule has 0 heterocycles. The molecule has 0 bridgehead atoms. The zero-order valence-corrected chi connectivity index (χ0v) is 14.8. The van der Waals surface area contributed by atoms with Crippen LogP contribution in [0.1, 0.15) is 48.0 Å². The van der Waals surface area contributed by atoms with Crippen molar-refractivity contribution in [1.82, 2.24) is 0 Å². The molecule has 2 amide bonds. The molecule has 0 unspecified atom stereocenters. The standard InChI is InChI=1S/C21H23FN2O2/c1-14-6-5-9-16(12-14)21(26)23-17-10-11-18(22)19(13-17)24-20(25)15-7-3-2-4-8-15/h5-6,9-13,15H,2-4,7-8H2,1H3,(H,23,26)(H,24,25). The molecule has 0 atom stereocenters. The third-order valence-electron chi connectivity index (χ3n) is 4.74. The largest absolute Gasteiger partial charge is 0.323 e. The van der Waals surface area contributed by atoms with E-state index < -0.39 is 5.82 Å². The van der Waals surface area contributed by atoms with Crippen LogP contribution < -0.4 is 10.6 Å². The fraction of sp³-hybridized carbons (Fsp3) is 0.333. The van der Waals surface area contributed by atoms with Crippen LogP contribution in [0.3, 0.4) is 0 Å². The monoisotopic (exact) mass is 354 g/mol. The van der Waals surface area contributed by atoms with Crippen LogP contribution in [0.5, 0.6) is 0 Å². The van der Waals surface area contributed by atoms with Crippen LogP contribution in [0.25, 0.3) is 0 Å². The number of hydrogen-bond donors (Lipinski definition) is 2. The maximum absolute atomic E-state index is 14.1. The SMILES string of the molecule is Cc1cccc(C(=O)Nc2ccc(F)c(NC(=O)C3CCCCC3)c2)c1. The average Bonchev–Trinajstić information content (AvgIpc) is 2.65. The van der Waals surface area contributed by atoms with E-state index in [1.54, 1.807) is 12.1 Å². The molecule has 2 aromatic rings. The van der Waals surface area contributed by atoms with Gasteiger partial charge in [0.05, 0.1) is 5.69 Å². The molecule has 4 nitrogen and oxygen atoms in total. The van der Waals surface area contributed by atoms with Gasteiger partial charge in [-0.2, -0.15) is 0 Å². The van der Waals surface area contributed by atoms with Crippen LogP contribution in [0.4, 0.5) is 15.8 Å². The van der Waals surface area contributed by atoms with E-state index in [1.165, 1.54) is 18.2 Å². The quantitative estimate of drug-likeness (QED) is 0.820. The molecule has 136 valence electrons. The summed E-state index contributed by atoms with van der Waals surface area (Å²) in [4.78, 5) is 24.7. The molecule has 26 heavy (non-hydrogen) atoms. The highest BCUT2D eigenvalue weighted by atomic mass is 19.1. The molecule has 0 saturated heterocycles. The lowest BCUT2D eigenvalue weighted by Crippen LogP contribution is -2.25. The minimum absolute atomic E-state index is 0.0614. The first-order valence-electron chi connectivity index (χ1n) is 9.01. The van der Waals surface area contributed by atoms with E-state index in [9.17, 15) is 14.0 Å². The highest BCUT2D eigenvalue weighted by Crippen LogP contribution is 2.26. The van der Waals surface area contributed by atoms with Gasteiger partial charge in [-0.25, -0.2) is 4.39 Å². The second kappa shape index (κ2) is 8.13. The zero-order valence-electron chi connectivity index (χ0n) is 14.8. The molecule has 1 saturated carbocycles. The number of amides is 2. The Balaban J connectivity index is 1.70. The number of hydrogen-bond acceptors (Lipinski definition) is 2. The Morgan fingerprint density at radius 3 is 2.50 bits per heavy atom. The van der Waals surface area contributed by atoms with Gasteiger partial charge in [-0.05, 0) is 50.1 Å². The Hall–Kier alpha value is -2.69. The van der Waals surface area contributed by atoms with E-state index in [0.717, 1.165) is 37.7 Å². The van der Waals surface area contributed by atoms with Gasteiger partial charge in [0.1, 0.15) is 5.82 Å². The van der Waals surface area contributed by atoms with Crippen molar-refractivity contribution < 1.29 is 14.0 Å². The van der Waals surface area contributed by atoms with Crippen LogP contribution in [0.15, 0.2) is 42.5 Å². The van der Waals surface area contributed by atoms with Gasteiger partial charge in [0.2, 0.25) is 5.91 Å². The normalized spacial score (nSPS) is 14.7. The van der Waals surface area contributed by atoms with Crippen molar-refractivity contribution in [1.29, 1.82) is 0 Å². The van der Waals surface area contributed by atoms with Crippen molar-refractivity contribution in [3.05, 3.63) is 59.4 Å². The van der Waals surface area contributed by atoms with E-state index >= 15 is 0 Å². The molecule has 0 radical (unpaired) electrons. The van der Waals surface area contributed by atoms with Crippen LogP contribution >= 0.6 is 0 Å². The van der Waals surface area contributed by atoms with Crippen molar-refractivity contribution in [3.63, 3.8) is 0 Å². The lowest BCUT2D eigenvalue weighted by Gasteiger charge is -2.21. The average molecular weight is 354 g/mol. The maximum Gasteiger partial charge on any atom is 0.255 e. The van der Waals surface area contributed by atoms with Crippen molar-refractivity contribution >= 4 is 23.2 Å². The molecule has 2 N–H and O–H groups in total. The van der Waals surface area contributed by atoms with Gasteiger partial charge in [-0.15, -0.1) is 0 Å². The Labute approximate surface area is 152 Å². The lowest BCUT2D eigenvalue weighted by atomic mass is 9.88. The summed E-state index contributed by atoms with van der Waals surface area (Å²) in [5.41, 5.74) is 2.05. The summed E-state index contributed by atoms with van der Waals surface area (Å²) < 4.78 is 14.1. The number of halogens is 1. The van der Waals surface area contributed by atoms with Crippen LogP contribution in [-0.2, 0) is 4.79 Å². The number of rotatable bonds is 4. The van der Waals surface area contributed by atoms with E-state index in [2.05, 4.69) is 10.6 Å². The number of nitrogens with one attached hydrogen (secondary N) is 2. The summed E-state index contributed by atoms with van der Waals surface area (Å²) in [6.45, 7) is 1.91. The second-order valence-corrected chi connectivity index (χ2v) is 6.84. The smallest absolute Gasteiger partial charge is 0.255 e. The van der Waals surface area contributed by atoms with Gasteiger partial charge in [-0.3, -0.25) is 9.59 Å². The number of benzene rings is 2. The minimum Gasteiger partial charge on any atom is -0.323 e.